The first-order valence-electron chi connectivity index (χ1n) is 5.69. The van der Waals surface area contributed by atoms with Gasteiger partial charge in [0, 0.05) is 0 Å². The van der Waals surface area contributed by atoms with Gasteiger partial charge in [0.05, 0.1) is 6.61 Å². The van der Waals surface area contributed by atoms with Crippen LogP contribution < -0.4 is 10.0 Å². The van der Waals surface area contributed by atoms with Gasteiger partial charge in [-0.1, -0.05) is 35.4 Å². The third kappa shape index (κ3) is 5.18. The smallest absolute Gasteiger partial charge is 0.122 e. The Kier molecular flexibility index (Phi) is 8.41. The molecule has 0 bridgehead atoms. The lowest BCUT2D eigenvalue weighted by atomic mass is 10.2. The van der Waals surface area contributed by atoms with E-state index in [1.807, 2.05) is 13.8 Å². The monoisotopic (exact) mass is 226 g/mol. The molecule has 0 aromatic heterocycles. The Labute approximate surface area is 96.0 Å². The van der Waals surface area contributed by atoms with Gasteiger partial charge in [-0.25, -0.2) is 0 Å². The first kappa shape index (κ1) is 14.5. The molecule has 0 spiro atoms. The highest BCUT2D eigenvalue weighted by molar-refractivity contribution is 7.46. The third-order valence-electron chi connectivity index (χ3n) is 1.93. The molecule has 0 N–H and O–H groups in total. The number of benzene rings is 1. The second kappa shape index (κ2) is 8.73. The summed E-state index contributed by atoms with van der Waals surface area (Å²) < 4.78 is 5.59. The molecule has 0 saturated carbocycles. The normalized spacial score (nSPS) is 9.93. The van der Waals surface area contributed by atoms with E-state index in [-0.39, 0.29) is 0 Å². The average molecular weight is 226 g/mol. The summed E-state index contributed by atoms with van der Waals surface area (Å²) in [5.74, 6) is 1.03. The van der Waals surface area contributed by atoms with Gasteiger partial charge in [0.15, 0.2) is 0 Å². The molecule has 1 unspecified atom stereocenters. The van der Waals surface area contributed by atoms with E-state index in [2.05, 4.69) is 38.7 Å². The molecule has 1 nitrogen and oxygen atoms in total. The number of hydrogen-bond donors (Lipinski definition) is 0. The summed E-state index contributed by atoms with van der Waals surface area (Å²) in [6.45, 7) is 11.2. The van der Waals surface area contributed by atoms with Crippen LogP contribution in [-0.2, 0) is 0 Å². The molecule has 86 valence electrons. The topological polar surface area (TPSA) is 9.23 Å². The van der Waals surface area contributed by atoms with E-state index < -0.39 is 0 Å². The fourth-order valence-corrected chi connectivity index (χ4v) is 1.79. The van der Waals surface area contributed by atoms with E-state index in [4.69, 9.17) is 4.74 Å². The van der Waals surface area contributed by atoms with Gasteiger partial charge >= 0.3 is 0 Å². The van der Waals surface area contributed by atoms with E-state index in [1.54, 1.807) is 0 Å². The van der Waals surface area contributed by atoms with Crippen molar-refractivity contribution in [2.24, 2.45) is 0 Å². The summed E-state index contributed by atoms with van der Waals surface area (Å²) in [4.78, 5) is 0. The van der Waals surface area contributed by atoms with Crippen LogP contribution >= 0.6 is 8.58 Å². The lowest BCUT2D eigenvalue weighted by molar-refractivity contribution is 0.315. The maximum absolute atomic E-state index is 5.59. The SMILES string of the molecule is CC.CCCOc1ccc(PC)cc1C. The molecule has 2 heteroatoms. The van der Waals surface area contributed by atoms with Crippen molar-refractivity contribution in [1.82, 2.24) is 0 Å². The highest BCUT2D eigenvalue weighted by atomic mass is 31.1. The Balaban J connectivity index is 0.000000921. The summed E-state index contributed by atoms with van der Waals surface area (Å²) in [5.41, 5.74) is 1.25. The summed E-state index contributed by atoms with van der Waals surface area (Å²) in [5, 5.41) is 1.40. The van der Waals surface area contributed by atoms with Crippen molar-refractivity contribution in [3.63, 3.8) is 0 Å². The van der Waals surface area contributed by atoms with Crippen LogP contribution in [0.1, 0.15) is 32.8 Å². The van der Waals surface area contributed by atoms with E-state index in [9.17, 15) is 0 Å². The number of aryl methyl sites for hydroxylation is 1. The lowest BCUT2D eigenvalue weighted by Gasteiger charge is -2.08. The molecule has 1 atom stereocenters. The van der Waals surface area contributed by atoms with Crippen molar-refractivity contribution in [2.75, 3.05) is 13.3 Å². The van der Waals surface area contributed by atoms with Crippen LogP contribution in [0.3, 0.4) is 0 Å². The van der Waals surface area contributed by atoms with Crippen LogP contribution in [0.4, 0.5) is 0 Å². The van der Waals surface area contributed by atoms with Crippen LogP contribution in [0.5, 0.6) is 5.75 Å². The second-order valence-corrected chi connectivity index (χ2v) is 4.16. The first-order chi connectivity index (χ1) is 7.27. The lowest BCUT2D eigenvalue weighted by Crippen LogP contribution is -2.00. The highest BCUT2D eigenvalue weighted by Gasteiger charge is 1.99. The molecule has 0 aliphatic carbocycles. The maximum atomic E-state index is 5.59. The zero-order valence-corrected chi connectivity index (χ0v) is 11.6. The second-order valence-electron chi connectivity index (χ2n) is 3.08. The van der Waals surface area contributed by atoms with Crippen molar-refractivity contribution >= 4 is 13.9 Å². The Morgan fingerprint density at radius 2 is 1.93 bits per heavy atom. The molecule has 0 aliphatic rings. The minimum atomic E-state index is 0.814. The van der Waals surface area contributed by atoms with E-state index in [0.29, 0.717) is 0 Å². The van der Waals surface area contributed by atoms with Gasteiger partial charge in [-0.05, 0) is 43.0 Å². The van der Waals surface area contributed by atoms with Gasteiger partial charge in [-0.2, -0.15) is 0 Å². The molecule has 15 heavy (non-hydrogen) atoms. The van der Waals surface area contributed by atoms with E-state index in [1.165, 1.54) is 10.9 Å². The van der Waals surface area contributed by atoms with Crippen LogP contribution in [0.25, 0.3) is 0 Å². The zero-order chi connectivity index (χ0) is 11.7. The van der Waals surface area contributed by atoms with Crippen molar-refractivity contribution in [1.29, 1.82) is 0 Å². The average Bonchev–Trinajstić information content (AvgIpc) is 2.30. The Hall–Kier alpha value is -0.550. The molecule has 1 aromatic carbocycles. The summed E-state index contributed by atoms with van der Waals surface area (Å²) in [6.07, 6.45) is 1.07. The Morgan fingerprint density at radius 1 is 1.27 bits per heavy atom. The van der Waals surface area contributed by atoms with Crippen LogP contribution in [0, 0.1) is 6.92 Å². The van der Waals surface area contributed by atoms with Gasteiger partial charge in [0.1, 0.15) is 5.75 Å². The Bertz CT molecular complexity index is 271. The van der Waals surface area contributed by atoms with Crippen LogP contribution in [0.15, 0.2) is 18.2 Å². The summed E-state index contributed by atoms with van der Waals surface area (Å²) >= 11 is 0. The molecule has 0 fully saturated rings. The largest absolute Gasteiger partial charge is 0.493 e. The van der Waals surface area contributed by atoms with Crippen LogP contribution in [0.2, 0.25) is 0 Å². The first-order valence-corrected chi connectivity index (χ1v) is 7.19. The molecule has 1 aromatic rings. The number of ether oxygens (including phenoxy) is 1. The van der Waals surface area contributed by atoms with Crippen molar-refractivity contribution in [3.05, 3.63) is 23.8 Å². The molecule has 0 amide bonds. The maximum Gasteiger partial charge on any atom is 0.122 e. The van der Waals surface area contributed by atoms with Crippen molar-refractivity contribution in [2.45, 2.75) is 34.1 Å². The molecule has 0 aliphatic heterocycles. The zero-order valence-electron chi connectivity index (χ0n) is 10.6. The van der Waals surface area contributed by atoms with Crippen molar-refractivity contribution < 1.29 is 4.74 Å². The van der Waals surface area contributed by atoms with E-state index in [0.717, 1.165) is 27.4 Å². The minimum Gasteiger partial charge on any atom is -0.493 e. The third-order valence-corrected chi connectivity index (χ3v) is 2.81. The molecule has 0 heterocycles. The predicted octanol–water partition coefficient (Wildman–Crippen LogP) is 3.74. The van der Waals surface area contributed by atoms with Crippen LogP contribution in [-0.4, -0.2) is 13.3 Å². The van der Waals surface area contributed by atoms with E-state index >= 15 is 0 Å². The fraction of sp³-hybridized carbons (Fsp3) is 0.538. The van der Waals surface area contributed by atoms with Gasteiger partial charge in [-0.3, -0.25) is 0 Å². The van der Waals surface area contributed by atoms with Gasteiger partial charge in [0.25, 0.3) is 0 Å². The van der Waals surface area contributed by atoms with Gasteiger partial charge in [0.2, 0.25) is 0 Å². The standard InChI is InChI=1S/C11H17OP.C2H6/c1-4-7-12-11-6-5-10(13-3)8-9(11)2;1-2/h5-6,8,13H,4,7H2,1-3H3;1-2H3. The predicted molar refractivity (Wildman–Crippen MR) is 72.2 cm³/mol. The summed E-state index contributed by atoms with van der Waals surface area (Å²) in [6, 6.07) is 6.44. The molecular weight excluding hydrogens is 203 g/mol. The highest BCUT2D eigenvalue weighted by Crippen LogP contribution is 2.18. The molecule has 1 rings (SSSR count). The number of rotatable bonds is 4. The molecule has 0 saturated heterocycles. The van der Waals surface area contributed by atoms with Gasteiger partial charge < -0.3 is 4.74 Å². The minimum absolute atomic E-state index is 0.814. The summed E-state index contributed by atoms with van der Waals surface area (Å²) in [7, 11) is 0.870. The Morgan fingerprint density at radius 3 is 2.40 bits per heavy atom. The number of hydrogen-bond acceptors (Lipinski definition) is 1. The quantitative estimate of drug-likeness (QED) is 0.710. The van der Waals surface area contributed by atoms with Crippen molar-refractivity contribution in [3.8, 4) is 5.75 Å². The van der Waals surface area contributed by atoms with Gasteiger partial charge in [-0.15, -0.1) is 0 Å². The molecule has 0 radical (unpaired) electrons. The molecular formula is C13H23OP. The fourth-order valence-electron chi connectivity index (χ4n) is 1.18.